The number of aryl methyl sites for hydroxylation is 2. The molecule has 1 N–H and O–H groups in total. The van der Waals surface area contributed by atoms with Crippen molar-refractivity contribution in [1.29, 1.82) is 0 Å². The standard InChI is InChI=1S/C17H18N2O3/c1-11-12(2)22-17(18-11)13-6-8-14(9-7-13)19-16(20)15-5-3-4-10-21-15/h5-9H,3-4,10H2,1-2H3,(H,19,20). The van der Waals surface area contributed by atoms with Crippen LogP contribution < -0.4 is 5.32 Å². The maximum absolute atomic E-state index is 12.0. The number of aromatic nitrogens is 1. The molecule has 0 spiro atoms. The second kappa shape index (κ2) is 6.05. The van der Waals surface area contributed by atoms with Gasteiger partial charge in [0.1, 0.15) is 5.76 Å². The monoisotopic (exact) mass is 298 g/mol. The van der Waals surface area contributed by atoms with E-state index in [0.29, 0.717) is 23.9 Å². The first-order valence-corrected chi connectivity index (χ1v) is 7.32. The summed E-state index contributed by atoms with van der Waals surface area (Å²) in [6, 6.07) is 7.39. The van der Waals surface area contributed by atoms with Crippen LogP contribution in [0.3, 0.4) is 0 Å². The highest BCUT2D eigenvalue weighted by Gasteiger charge is 2.14. The Bertz CT molecular complexity index is 695. The predicted molar refractivity (Wildman–Crippen MR) is 83.3 cm³/mol. The number of nitrogens with one attached hydrogen (secondary N) is 1. The summed E-state index contributed by atoms with van der Waals surface area (Å²) in [6.07, 6.45) is 3.66. The third kappa shape index (κ3) is 3.03. The summed E-state index contributed by atoms with van der Waals surface area (Å²) in [6.45, 7) is 4.40. The lowest BCUT2D eigenvalue weighted by atomic mass is 10.2. The van der Waals surface area contributed by atoms with Gasteiger partial charge >= 0.3 is 0 Å². The molecule has 0 bridgehead atoms. The molecule has 2 heterocycles. The SMILES string of the molecule is Cc1nc(-c2ccc(NC(=O)C3=CCCCO3)cc2)oc1C. The molecule has 0 saturated carbocycles. The Balaban J connectivity index is 1.71. The molecule has 0 fully saturated rings. The molecule has 2 aromatic rings. The maximum atomic E-state index is 12.0. The summed E-state index contributed by atoms with van der Waals surface area (Å²) >= 11 is 0. The zero-order valence-corrected chi connectivity index (χ0v) is 12.7. The number of ether oxygens (including phenoxy) is 1. The first-order chi connectivity index (χ1) is 10.6. The molecule has 0 atom stereocenters. The lowest BCUT2D eigenvalue weighted by molar-refractivity contribution is -0.116. The van der Waals surface area contributed by atoms with Crippen molar-refractivity contribution in [3.63, 3.8) is 0 Å². The van der Waals surface area contributed by atoms with Gasteiger partial charge in [-0.1, -0.05) is 0 Å². The molecule has 1 aliphatic rings. The van der Waals surface area contributed by atoms with Gasteiger partial charge in [0.05, 0.1) is 12.3 Å². The van der Waals surface area contributed by atoms with Gasteiger partial charge in [-0.25, -0.2) is 4.98 Å². The van der Waals surface area contributed by atoms with Gasteiger partial charge in [-0.2, -0.15) is 0 Å². The van der Waals surface area contributed by atoms with E-state index in [2.05, 4.69) is 10.3 Å². The average molecular weight is 298 g/mol. The molecule has 1 aliphatic heterocycles. The Morgan fingerprint density at radius 1 is 1.23 bits per heavy atom. The van der Waals surface area contributed by atoms with Crippen molar-refractivity contribution in [1.82, 2.24) is 4.98 Å². The zero-order chi connectivity index (χ0) is 15.5. The molecule has 0 radical (unpaired) electrons. The van der Waals surface area contributed by atoms with E-state index < -0.39 is 0 Å². The molecule has 1 aromatic carbocycles. The molecular weight excluding hydrogens is 280 g/mol. The van der Waals surface area contributed by atoms with E-state index in [-0.39, 0.29) is 5.91 Å². The van der Waals surface area contributed by atoms with Crippen LogP contribution in [0.5, 0.6) is 0 Å². The zero-order valence-electron chi connectivity index (χ0n) is 12.7. The van der Waals surface area contributed by atoms with Crippen LogP contribution in [-0.2, 0) is 9.53 Å². The van der Waals surface area contributed by atoms with Crippen molar-refractivity contribution in [2.75, 3.05) is 11.9 Å². The molecule has 5 nitrogen and oxygen atoms in total. The number of benzene rings is 1. The third-order valence-corrected chi connectivity index (χ3v) is 3.58. The summed E-state index contributed by atoms with van der Waals surface area (Å²) in [4.78, 5) is 16.4. The molecule has 5 heteroatoms. The van der Waals surface area contributed by atoms with Crippen LogP contribution in [-0.4, -0.2) is 17.5 Å². The number of nitrogens with zero attached hydrogens (tertiary/aromatic N) is 1. The topological polar surface area (TPSA) is 64.4 Å². The lowest BCUT2D eigenvalue weighted by Gasteiger charge is -2.14. The van der Waals surface area contributed by atoms with Gasteiger partial charge in [0.15, 0.2) is 5.76 Å². The smallest absolute Gasteiger partial charge is 0.290 e. The van der Waals surface area contributed by atoms with Gasteiger partial charge < -0.3 is 14.5 Å². The molecular formula is C17H18N2O3. The van der Waals surface area contributed by atoms with Crippen molar-refractivity contribution in [2.24, 2.45) is 0 Å². The number of oxazole rings is 1. The van der Waals surface area contributed by atoms with Crippen LogP contribution in [0.15, 0.2) is 40.5 Å². The third-order valence-electron chi connectivity index (χ3n) is 3.58. The molecule has 22 heavy (non-hydrogen) atoms. The van der Waals surface area contributed by atoms with Crippen LogP contribution in [0.1, 0.15) is 24.3 Å². The molecule has 0 saturated heterocycles. The van der Waals surface area contributed by atoms with E-state index in [0.717, 1.165) is 29.9 Å². The lowest BCUT2D eigenvalue weighted by Crippen LogP contribution is -2.18. The molecule has 1 amide bonds. The number of anilines is 1. The minimum Gasteiger partial charge on any atom is -0.488 e. The van der Waals surface area contributed by atoms with Crippen molar-refractivity contribution >= 4 is 11.6 Å². The van der Waals surface area contributed by atoms with Gasteiger partial charge in [0.25, 0.3) is 5.91 Å². The first kappa shape index (κ1) is 14.4. The summed E-state index contributed by atoms with van der Waals surface area (Å²) in [5.41, 5.74) is 2.47. The molecule has 3 rings (SSSR count). The summed E-state index contributed by atoms with van der Waals surface area (Å²) < 4.78 is 10.9. The van der Waals surface area contributed by atoms with Crippen molar-refractivity contribution in [3.05, 3.63) is 47.6 Å². The Labute approximate surface area is 129 Å². The number of hydrogen-bond donors (Lipinski definition) is 1. The maximum Gasteiger partial charge on any atom is 0.290 e. The van der Waals surface area contributed by atoms with Gasteiger partial charge in [-0.15, -0.1) is 0 Å². The highest BCUT2D eigenvalue weighted by molar-refractivity contribution is 6.02. The second-order valence-corrected chi connectivity index (χ2v) is 5.25. The Morgan fingerprint density at radius 3 is 2.59 bits per heavy atom. The van der Waals surface area contributed by atoms with Crippen molar-refractivity contribution in [3.8, 4) is 11.5 Å². The number of amides is 1. The first-order valence-electron chi connectivity index (χ1n) is 7.32. The van der Waals surface area contributed by atoms with Crippen molar-refractivity contribution < 1.29 is 13.9 Å². The van der Waals surface area contributed by atoms with E-state index in [1.54, 1.807) is 0 Å². The van der Waals surface area contributed by atoms with Crippen LogP contribution in [0.2, 0.25) is 0 Å². The fraction of sp³-hybridized carbons (Fsp3) is 0.294. The Kier molecular flexibility index (Phi) is 3.96. The summed E-state index contributed by atoms with van der Waals surface area (Å²) in [7, 11) is 0. The van der Waals surface area contributed by atoms with E-state index in [1.165, 1.54) is 0 Å². The second-order valence-electron chi connectivity index (χ2n) is 5.25. The molecule has 114 valence electrons. The number of carbonyl (C=O) groups excluding carboxylic acids is 1. The van der Waals surface area contributed by atoms with Crippen LogP contribution in [0.25, 0.3) is 11.5 Å². The summed E-state index contributed by atoms with van der Waals surface area (Å²) in [5, 5.41) is 2.82. The van der Waals surface area contributed by atoms with E-state index >= 15 is 0 Å². The Morgan fingerprint density at radius 2 is 2.00 bits per heavy atom. The fourth-order valence-electron chi connectivity index (χ4n) is 2.20. The van der Waals surface area contributed by atoms with Crippen LogP contribution >= 0.6 is 0 Å². The largest absolute Gasteiger partial charge is 0.488 e. The summed E-state index contributed by atoms with van der Waals surface area (Å²) in [5.74, 6) is 1.59. The normalized spacial score (nSPS) is 14.2. The average Bonchev–Trinajstić information content (AvgIpc) is 2.88. The minimum atomic E-state index is -0.213. The van der Waals surface area contributed by atoms with Gasteiger partial charge in [0, 0.05) is 11.3 Å². The highest BCUT2D eigenvalue weighted by atomic mass is 16.5. The number of carbonyl (C=O) groups is 1. The van der Waals surface area contributed by atoms with Gasteiger partial charge in [0.2, 0.25) is 5.89 Å². The predicted octanol–water partition coefficient (Wildman–Crippen LogP) is 3.59. The van der Waals surface area contributed by atoms with Gasteiger partial charge in [-0.05, 0) is 57.0 Å². The van der Waals surface area contributed by atoms with Gasteiger partial charge in [-0.3, -0.25) is 4.79 Å². The number of rotatable bonds is 3. The minimum absolute atomic E-state index is 0.213. The fourth-order valence-corrected chi connectivity index (χ4v) is 2.20. The quantitative estimate of drug-likeness (QED) is 0.940. The molecule has 0 unspecified atom stereocenters. The van der Waals surface area contributed by atoms with Crippen molar-refractivity contribution in [2.45, 2.75) is 26.7 Å². The Hall–Kier alpha value is -2.56. The number of hydrogen-bond acceptors (Lipinski definition) is 4. The van der Waals surface area contributed by atoms with Crippen LogP contribution in [0, 0.1) is 13.8 Å². The molecule has 0 aliphatic carbocycles. The highest BCUT2D eigenvalue weighted by Crippen LogP contribution is 2.23. The van der Waals surface area contributed by atoms with E-state index in [1.807, 2.05) is 44.2 Å². The number of allylic oxidation sites excluding steroid dienone is 1. The van der Waals surface area contributed by atoms with Crippen LogP contribution in [0.4, 0.5) is 5.69 Å². The van der Waals surface area contributed by atoms with E-state index in [4.69, 9.17) is 9.15 Å². The molecule has 1 aromatic heterocycles. The van der Waals surface area contributed by atoms with E-state index in [9.17, 15) is 4.79 Å².